The molecule has 2 aromatic carbocycles. The number of ether oxygens (including phenoxy) is 1. The van der Waals surface area contributed by atoms with E-state index in [1.54, 1.807) is 0 Å². The van der Waals surface area contributed by atoms with E-state index in [1.807, 2.05) is 42.5 Å². The zero-order chi connectivity index (χ0) is 11.9. The molecule has 0 amide bonds. The summed E-state index contributed by atoms with van der Waals surface area (Å²) in [5.74, 6) is 1.74. The van der Waals surface area contributed by atoms with Gasteiger partial charge >= 0.3 is 0 Å². The molecule has 0 bridgehead atoms. The first-order chi connectivity index (χ1) is 8.38. The van der Waals surface area contributed by atoms with E-state index in [2.05, 4.69) is 24.4 Å². The fourth-order valence-electron chi connectivity index (χ4n) is 1.57. The van der Waals surface area contributed by atoms with Crippen LogP contribution in [0.1, 0.15) is 12.5 Å². The Kier molecular flexibility index (Phi) is 4.17. The summed E-state index contributed by atoms with van der Waals surface area (Å²) in [6.45, 7) is 4.00. The molecule has 1 N–H and O–H groups in total. The van der Waals surface area contributed by atoms with Gasteiger partial charge in [-0.1, -0.05) is 37.3 Å². The second kappa shape index (κ2) is 6.06. The number of nitrogens with one attached hydrogen (secondary N) is 1. The third-order valence-electron chi connectivity index (χ3n) is 2.48. The van der Waals surface area contributed by atoms with Gasteiger partial charge in [0.2, 0.25) is 0 Å². The highest BCUT2D eigenvalue weighted by Gasteiger charge is 1.96. The van der Waals surface area contributed by atoms with Crippen molar-refractivity contribution in [3.8, 4) is 11.5 Å². The van der Waals surface area contributed by atoms with Crippen LogP contribution in [-0.4, -0.2) is 6.54 Å². The topological polar surface area (TPSA) is 21.3 Å². The second-order valence-corrected chi connectivity index (χ2v) is 3.84. The van der Waals surface area contributed by atoms with Crippen LogP contribution in [0.3, 0.4) is 0 Å². The molecule has 2 nitrogen and oxygen atoms in total. The van der Waals surface area contributed by atoms with Crippen molar-refractivity contribution in [3.63, 3.8) is 0 Å². The number of para-hydroxylation sites is 1. The molecule has 88 valence electrons. The van der Waals surface area contributed by atoms with Crippen LogP contribution < -0.4 is 10.1 Å². The minimum absolute atomic E-state index is 0.868. The highest BCUT2D eigenvalue weighted by molar-refractivity contribution is 5.32. The predicted octanol–water partition coefficient (Wildman–Crippen LogP) is 3.59. The second-order valence-electron chi connectivity index (χ2n) is 3.84. The standard InChI is InChI=1S/C15H17NO/c1-2-16-12-13-8-10-15(11-9-13)17-14-6-4-3-5-7-14/h3-11,16H,2,12H2,1H3. The Morgan fingerprint density at radius 3 is 2.18 bits per heavy atom. The first-order valence-corrected chi connectivity index (χ1v) is 5.91. The molecule has 0 radical (unpaired) electrons. The van der Waals surface area contributed by atoms with E-state index < -0.39 is 0 Å². The molecule has 2 rings (SSSR count). The molecule has 0 unspecified atom stereocenters. The lowest BCUT2D eigenvalue weighted by atomic mass is 10.2. The molecule has 0 aliphatic carbocycles. The average Bonchev–Trinajstić information content (AvgIpc) is 2.39. The largest absolute Gasteiger partial charge is 0.457 e. The maximum absolute atomic E-state index is 5.72. The Bertz CT molecular complexity index is 436. The molecule has 2 aromatic rings. The van der Waals surface area contributed by atoms with E-state index in [0.29, 0.717) is 0 Å². The maximum Gasteiger partial charge on any atom is 0.127 e. The van der Waals surface area contributed by atoms with Crippen molar-refractivity contribution < 1.29 is 4.74 Å². The highest BCUT2D eigenvalue weighted by atomic mass is 16.5. The van der Waals surface area contributed by atoms with Gasteiger partial charge in [-0.2, -0.15) is 0 Å². The fourth-order valence-corrected chi connectivity index (χ4v) is 1.57. The van der Waals surface area contributed by atoms with Crippen LogP contribution in [-0.2, 0) is 6.54 Å². The van der Waals surface area contributed by atoms with Crippen LogP contribution in [0.25, 0.3) is 0 Å². The van der Waals surface area contributed by atoms with Crippen molar-refractivity contribution in [1.29, 1.82) is 0 Å². The van der Waals surface area contributed by atoms with Crippen molar-refractivity contribution in [3.05, 3.63) is 60.2 Å². The van der Waals surface area contributed by atoms with Gasteiger partial charge in [-0.3, -0.25) is 0 Å². The Balaban J connectivity index is 1.98. The minimum atomic E-state index is 0.868. The van der Waals surface area contributed by atoms with Crippen LogP contribution in [0.15, 0.2) is 54.6 Å². The van der Waals surface area contributed by atoms with Crippen molar-refractivity contribution in [2.24, 2.45) is 0 Å². The van der Waals surface area contributed by atoms with Gasteiger partial charge in [0.05, 0.1) is 0 Å². The first-order valence-electron chi connectivity index (χ1n) is 5.91. The Morgan fingerprint density at radius 2 is 1.53 bits per heavy atom. The Morgan fingerprint density at radius 1 is 0.882 bits per heavy atom. The number of hydrogen-bond acceptors (Lipinski definition) is 2. The van der Waals surface area contributed by atoms with E-state index in [1.165, 1.54) is 5.56 Å². The molecule has 0 aliphatic rings. The van der Waals surface area contributed by atoms with Crippen molar-refractivity contribution in [2.75, 3.05) is 6.54 Å². The van der Waals surface area contributed by atoms with Crippen molar-refractivity contribution in [1.82, 2.24) is 5.32 Å². The average molecular weight is 227 g/mol. The lowest BCUT2D eigenvalue weighted by Gasteiger charge is -2.06. The highest BCUT2D eigenvalue weighted by Crippen LogP contribution is 2.20. The molecular formula is C15H17NO. The van der Waals surface area contributed by atoms with E-state index in [9.17, 15) is 0 Å². The number of rotatable bonds is 5. The first kappa shape index (κ1) is 11.7. The van der Waals surface area contributed by atoms with E-state index in [-0.39, 0.29) is 0 Å². The van der Waals surface area contributed by atoms with Gasteiger partial charge in [0.25, 0.3) is 0 Å². The van der Waals surface area contributed by atoms with Gasteiger partial charge in [0.15, 0.2) is 0 Å². The monoisotopic (exact) mass is 227 g/mol. The van der Waals surface area contributed by atoms with Crippen LogP contribution in [0.2, 0.25) is 0 Å². The molecule has 0 spiro atoms. The van der Waals surface area contributed by atoms with E-state index in [0.717, 1.165) is 24.6 Å². The quantitative estimate of drug-likeness (QED) is 0.842. The summed E-state index contributed by atoms with van der Waals surface area (Å²) >= 11 is 0. The van der Waals surface area contributed by atoms with E-state index >= 15 is 0 Å². The molecule has 0 aromatic heterocycles. The number of benzene rings is 2. The SMILES string of the molecule is CCNCc1ccc(Oc2ccccc2)cc1. The van der Waals surface area contributed by atoms with Gasteiger partial charge in [-0.15, -0.1) is 0 Å². The van der Waals surface area contributed by atoms with Crippen molar-refractivity contribution >= 4 is 0 Å². The molecule has 0 aliphatic heterocycles. The lowest BCUT2D eigenvalue weighted by Crippen LogP contribution is -2.11. The van der Waals surface area contributed by atoms with Gasteiger partial charge in [-0.25, -0.2) is 0 Å². The predicted molar refractivity (Wildman–Crippen MR) is 70.3 cm³/mol. The van der Waals surface area contributed by atoms with E-state index in [4.69, 9.17) is 4.74 Å². The third kappa shape index (κ3) is 3.61. The maximum atomic E-state index is 5.72. The van der Waals surface area contributed by atoms with Gasteiger partial charge in [0.1, 0.15) is 11.5 Å². The molecule has 0 heterocycles. The number of hydrogen-bond donors (Lipinski definition) is 1. The normalized spacial score (nSPS) is 10.2. The summed E-state index contributed by atoms with van der Waals surface area (Å²) < 4.78 is 5.72. The molecular weight excluding hydrogens is 210 g/mol. The molecule has 17 heavy (non-hydrogen) atoms. The van der Waals surface area contributed by atoms with Crippen molar-refractivity contribution in [2.45, 2.75) is 13.5 Å². The Labute approximate surface area is 102 Å². The van der Waals surface area contributed by atoms with Gasteiger partial charge in [0, 0.05) is 6.54 Å². The smallest absolute Gasteiger partial charge is 0.127 e. The minimum Gasteiger partial charge on any atom is -0.457 e. The summed E-state index contributed by atoms with van der Waals surface area (Å²) in [6.07, 6.45) is 0. The van der Waals surface area contributed by atoms with Crippen LogP contribution >= 0.6 is 0 Å². The molecule has 0 saturated carbocycles. The van der Waals surface area contributed by atoms with Gasteiger partial charge in [-0.05, 0) is 36.4 Å². The zero-order valence-corrected chi connectivity index (χ0v) is 10.0. The zero-order valence-electron chi connectivity index (χ0n) is 10.0. The molecule has 0 atom stereocenters. The summed E-state index contributed by atoms with van der Waals surface area (Å²) in [5, 5.41) is 3.29. The molecule has 2 heteroatoms. The van der Waals surface area contributed by atoms with Gasteiger partial charge < -0.3 is 10.1 Å². The lowest BCUT2D eigenvalue weighted by molar-refractivity contribution is 0.482. The van der Waals surface area contributed by atoms with Crippen LogP contribution in [0.4, 0.5) is 0 Å². The Hall–Kier alpha value is -1.80. The third-order valence-corrected chi connectivity index (χ3v) is 2.48. The summed E-state index contributed by atoms with van der Waals surface area (Å²) in [4.78, 5) is 0. The summed E-state index contributed by atoms with van der Waals surface area (Å²) in [6, 6.07) is 18.0. The fraction of sp³-hybridized carbons (Fsp3) is 0.200. The van der Waals surface area contributed by atoms with Crippen LogP contribution in [0, 0.1) is 0 Å². The van der Waals surface area contributed by atoms with Crippen LogP contribution in [0.5, 0.6) is 11.5 Å². The molecule has 0 fully saturated rings. The summed E-state index contributed by atoms with van der Waals surface area (Å²) in [7, 11) is 0. The molecule has 0 saturated heterocycles. The summed E-state index contributed by atoms with van der Waals surface area (Å²) in [5.41, 5.74) is 1.27.